The van der Waals surface area contributed by atoms with E-state index >= 15 is 0 Å². The summed E-state index contributed by atoms with van der Waals surface area (Å²) in [7, 11) is 0. The third-order valence-electron chi connectivity index (χ3n) is 2.60. The molecule has 0 saturated heterocycles. The smallest absolute Gasteiger partial charge is 0.337 e. The van der Waals surface area contributed by atoms with Gasteiger partial charge in [0.1, 0.15) is 0 Å². The molecule has 2 N–H and O–H groups in total. The van der Waals surface area contributed by atoms with Crippen LogP contribution in [0, 0.1) is 0 Å². The molecule has 0 fully saturated rings. The second-order valence-corrected chi connectivity index (χ2v) is 6.91. The molecule has 0 spiro atoms. The van der Waals surface area contributed by atoms with E-state index in [9.17, 15) is 4.79 Å². The van der Waals surface area contributed by atoms with Crippen LogP contribution in [0.4, 0.5) is 5.69 Å². The third kappa shape index (κ3) is 3.49. The molecule has 0 bridgehead atoms. The lowest BCUT2D eigenvalue weighted by atomic mass is 10.2. The molecule has 1 heterocycles. The average Bonchev–Trinajstić information content (AvgIpc) is 2.78. The van der Waals surface area contributed by atoms with Crippen molar-refractivity contribution in [3.05, 3.63) is 49.6 Å². The molecule has 0 aliphatic rings. The predicted molar refractivity (Wildman–Crippen MR) is 82.5 cm³/mol. The minimum absolute atomic E-state index is 0.0964. The van der Waals surface area contributed by atoms with Crippen molar-refractivity contribution < 1.29 is 9.90 Å². The topological polar surface area (TPSA) is 49.3 Å². The zero-order valence-electron chi connectivity index (χ0n) is 9.98. The van der Waals surface area contributed by atoms with Gasteiger partial charge in [-0.25, -0.2) is 4.79 Å². The fraction of sp³-hybridized carbons (Fsp3) is 0.154. The van der Waals surface area contributed by atoms with Gasteiger partial charge >= 0.3 is 5.97 Å². The number of hydrogen-bond acceptors (Lipinski definition) is 3. The maximum Gasteiger partial charge on any atom is 0.337 e. The molecular formula is C13H11BrClNO2S. The van der Waals surface area contributed by atoms with E-state index in [0.29, 0.717) is 0 Å². The van der Waals surface area contributed by atoms with Gasteiger partial charge in [-0.15, -0.1) is 11.3 Å². The van der Waals surface area contributed by atoms with Crippen molar-refractivity contribution in [1.29, 1.82) is 0 Å². The minimum atomic E-state index is -1.03. The highest BCUT2D eigenvalue weighted by molar-refractivity contribution is 9.11. The molecule has 0 aliphatic carbocycles. The summed E-state index contributed by atoms with van der Waals surface area (Å²) in [6.07, 6.45) is 0. The van der Waals surface area contributed by atoms with Crippen LogP contribution in [0.25, 0.3) is 0 Å². The van der Waals surface area contributed by atoms with Gasteiger partial charge in [-0.2, -0.15) is 0 Å². The molecule has 0 amide bonds. The Kier molecular flexibility index (Phi) is 4.50. The van der Waals surface area contributed by atoms with Crippen LogP contribution in [-0.2, 0) is 0 Å². The van der Waals surface area contributed by atoms with Gasteiger partial charge in [0.2, 0.25) is 0 Å². The summed E-state index contributed by atoms with van der Waals surface area (Å²) < 4.78 is 1.07. The number of aromatic carboxylic acids is 1. The molecule has 1 aromatic heterocycles. The van der Waals surface area contributed by atoms with E-state index < -0.39 is 5.97 Å². The summed E-state index contributed by atoms with van der Waals surface area (Å²) in [4.78, 5) is 12.2. The Labute approximate surface area is 128 Å². The molecule has 0 aliphatic heterocycles. The van der Waals surface area contributed by atoms with Crippen LogP contribution in [0.1, 0.15) is 28.2 Å². The van der Waals surface area contributed by atoms with Gasteiger partial charge in [-0.3, -0.25) is 0 Å². The van der Waals surface area contributed by atoms with Gasteiger partial charge in [0.05, 0.1) is 20.4 Å². The number of thiophene rings is 1. The van der Waals surface area contributed by atoms with Gasteiger partial charge in [-0.05, 0) is 53.2 Å². The van der Waals surface area contributed by atoms with Crippen molar-refractivity contribution in [1.82, 2.24) is 0 Å². The van der Waals surface area contributed by atoms with Crippen molar-refractivity contribution in [2.45, 2.75) is 13.0 Å². The lowest BCUT2D eigenvalue weighted by Gasteiger charge is -2.14. The molecular weight excluding hydrogens is 350 g/mol. The van der Waals surface area contributed by atoms with Gasteiger partial charge in [0.25, 0.3) is 0 Å². The maximum atomic E-state index is 11.0. The Morgan fingerprint density at radius 3 is 2.74 bits per heavy atom. The Morgan fingerprint density at radius 2 is 2.16 bits per heavy atom. The van der Waals surface area contributed by atoms with Crippen LogP contribution >= 0.6 is 38.9 Å². The second kappa shape index (κ2) is 5.94. The maximum absolute atomic E-state index is 11.0. The van der Waals surface area contributed by atoms with Crippen LogP contribution < -0.4 is 5.32 Å². The molecule has 2 aromatic rings. The summed E-state index contributed by atoms with van der Waals surface area (Å²) in [5, 5.41) is 12.5. The molecule has 100 valence electrons. The molecule has 2 rings (SSSR count). The molecule has 19 heavy (non-hydrogen) atoms. The summed E-state index contributed by atoms with van der Waals surface area (Å²) in [6, 6.07) is 9.02. The van der Waals surface area contributed by atoms with Crippen LogP contribution in [0.5, 0.6) is 0 Å². The van der Waals surface area contributed by atoms with Crippen LogP contribution in [-0.4, -0.2) is 11.1 Å². The molecule has 0 saturated carbocycles. The standard InChI is InChI=1S/C13H11BrClNO2S/c1-7(11-4-5-12(14)19-11)16-8-2-3-10(15)9(6-8)13(17)18/h2-7,16H,1H3,(H,17,18). The summed E-state index contributed by atoms with van der Waals surface area (Å²) in [5.41, 5.74) is 0.838. The number of hydrogen-bond donors (Lipinski definition) is 2. The monoisotopic (exact) mass is 359 g/mol. The number of carboxylic acid groups (broad SMARTS) is 1. The first-order valence-corrected chi connectivity index (χ1v) is 7.50. The number of benzene rings is 1. The van der Waals surface area contributed by atoms with Gasteiger partial charge in [-0.1, -0.05) is 11.6 Å². The fourth-order valence-corrected chi connectivity index (χ4v) is 3.29. The van der Waals surface area contributed by atoms with Gasteiger partial charge in [0.15, 0.2) is 0 Å². The molecule has 0 radical (unpaired) electrons. The van der Waals surface area contributed by atoms with E-state index in [1.165, 1.54) is 4.88 Å². The lowest BCUT2D eigenvalue weighted by Crippen LogP contribution is -2.06. The fourth-order valence-electron chi connectivity index (χ4n) is 1.66. The van der Waals surface area contributed by atoms with E-state index in [4.69, 9.17) is 16.7 Å². The quantitative estimate of drug-likeness (QED) is 0.803. The second-order valence-electron chi connectivity index (χ2n) is 4.01. The van der Waals surface area contributed by atoms with Crippen molar-refractivity contribution in [3.63, 3.8) is 0 Å². The summed E-state index contributed by atoms with van der Waals surface area (Å²) >= 11 is 10.9. The lowest BCUT2D eigenvalue weighted by molar-refractivity contribution is 0.0697. The van der Waals surface area contributed by atoms with Crippen molar-refractivity contribution in [3.8, 4) is 0 Å². The molecule has 6 heteroatoms. The number of carboxylic acids is 1. The van der Waals surface area contributed by atoms with Crippen molar-refractivity contribution in [2.24, 2.45) is 0 Å². The highest BCUT2D eigenvalue weighted by Gasteiger charge is 2.12. The normalized spacial score (nSPS) is 12.2. The van der Waals surface area contributed by atoms with Crippen molar-refractivity contribution in [2.75, 3.05) is 5.32 Å². The SMILES string of the molecule is CC(Nc1ccc(Cl)c(C(=O)O)c1)c1ccc(Br)s1. The Morgan fingerprint density at radius 1 is 1.42 bits per heavy atom. The zero-order valence-corrected chi connectivity index (χ0v) is 13.1. The number of halogens is 2. The number of anilines is 1. The first-order valence-electron chi connectivity index (χ1n) is 5.52. The number of carbonyl (C=O) groups is 1. The number of rotatable bonds is 4. The molecule has 3 nitrogen and oxygen atoms in total. The predicted octanol–water partition coefficient (Wildman–Crippen LogP) is 5.04. The van der Waals surface area contributed by atoms with E-state index in [2.05, 4.69) is 21.2 Å². The van der Waals surface area contributed by atoms with E-state index in [1.54, 1.807) is 29.5 Å². The minimum Gasteiger partial charge on any atom is -0.478 e. The Hall–Kier alpha value is -1.04. The van der Waals surface area contributed by atoms with Gasteiger partial charge < -0.3 is 10.4 Å². The van der Waals surface area contributed by atoms with Gasteiger partial charge in [0, 0.05) is 10.6 Å². The molecule has 1 atom stereocenters. The van der Waals surface area contributed by atoms with Crippen molar-refractivity contribution >= 4 is 50.5 Å². The summed E-state index contributed by atoms with van der Waals surface area (Å²) in [5.74, 6) is -1.03. The highest BCUT2D eigenvalue weighted by atomic mass is 79.9. The molecule has 1 aromatic carbocycles. The molecule has 1 unspecified atom stereocenters. The van der Waals surface area contributed by atoms with Crippen LogP contribution in [0.3, 0.4) is 0 Å². The third-order valence-corrected chi connectivity index (χ3v) is 4.74. The Balaban J connectivity index is 2.19. The Bertz CT molecular complexity index is 614. The van der Waals surface area contributed by atoms with E-state index in [1.807, 2.05) is 19.1 Å². The highest BCUT2D eigenvalue weighted by Crippen LogP contribution is 2.30. The first kappa shape index (κ1) is 14.4. The van der Waals surface area contributed by atoms with Crippen LogP contribution in [0.15, 0.2) is 34.1 Å². The van der Waals surface area contributed by atoms with E-state index in [-0.39, 0.29) is 16.6 Å². The number of nitrogens with one attached hydrogen (secondary N) is 1. The largest absolute Gasteiger partial charge is 0.478 e. The summed E-state index contributed by atoms with van der Waals surface area (Å²) in [6.45, 7) is 2.02. The first-order chi connectivity index (χ1) is 8.97. The van der Waals surface area contributed by atoms with E-state index in [0.717, 1.165) is 9.47 Å². The zero-order chi connectivity index (χ0) is 14.0. The average molecular weight is 361 g/mol. The van der Waals surface area contributed by atoms with Crippen LogP contribution in [0.2, 0.25) is 5.02 Å².